The molecule has 0 spiro atoms. The molecule has 0 saturated heterocycles. The lowest BCUT2D eigenvalue weighted by molar-refractivity contribution is 0.0951. The van der Waals surface area contributed by atoms with Crippen molar-refractivity contribution in [2.75, 3.05) is 0 Å². The Labute approximate surface area is 117 Å². The molecule has 0 fully saturated rings. The minimum absolute atomic E-state index is 0.00675. The zero-order chi connectivity index (χ0) is 14.2. The lowest BCUT2D eigenvalue weighted by Gasteiger charge is -2.00. The first-order valence-electron chi connectivity index (χ1n) is 6.37. The quantitative estimate of drug-likeness (QED) is 0.658. The molecule has 4 heteroatoms. The minimum Gasteiger partial charge on any atom is -0.267 e. The van der Waals surface area contributed by atoms with Gasteiger partial charge in [-0.25, -0.2) is 9.82 Å². The van der Waals surface area contributed by atoms with Gasteiger partial charge in [-0.2, -0.15) is 5.10 Å². The molecule has 20 heavy (non-hydrogen) atoms. The van der Waals surface area contributed by atoms with Crippen LogP contribution in [0.1, 0.15) is 22.3 Å². The maximum Gasteiger partial charge on any atom is 0.274 e. The van der Waals surface area contributed by atoms with Crippen molar-refractivity contribution in [3.8, 4) is 0 Å². The Morgan fingerprint density at radius 1 is 1.10 bits per heavy atom. The van der Waals surface area contributed by atoms with Gasteiger partial charge in [-0.05, 0) is 30.5 Å². The van der Waals surface area contributed by atoms with Crippen molar-refractivity contribution in [3.63, 3.8) is 0 Å². The summed E-state index contributed by atoms with van der Waals surface area (Å²) in [6, 6.07) is 15.8. The third kappa shape index (κ3) is 4.02. The van der Waals surface area contributed by atoms with Crippen LogP contribution in [0, 0.1) is 5.82 Å². The number of benzene rings is 2. The summed E-state index contributed by atoms with van der Waals surface area (Å²) in [5.41, 5.74) is 3.52. The molecule has 0 aliphatic rings. The monoisotopic (exact) mass is 270 g/mol. The zero-order valence-corrected chi connectivity index (χ0v) is 10.9. The van der Waals surface area contributed by atoms with Crippen molar-refractivity contribution in [3.05, 3.63) is 71.5 Å². The van der Waals surface area contributed by atoms with E-state index < -0.39 is 11.7 Å². The van der Waals surface area contributed by atoms with Crippen molar-refractivity contribution in [2.24, 2.45) is 5.10 Å². The van der Waals surface area contributed by atoms with Crippen LogP contribution in [0.15, 0.2) is 59.7 Å². The highest BCUT2D eigenvalue weighted by molar-refractivity contribution is 5.94. The van der Waals surface area contributed by atoms with E-state index >= 15 is 0 Å². The van der Waals surface area contributed by atoms with Gasteiger partial charge in [-0.15, -0.1) is 0 Å². The van der Waals surface area contributed by atoms with E-state index in [1.54, 1.807) is 12.3 Å². The predicted octanol–water partition coefficient (Wildman–Crippen LogP) is 3.17. The highest BCUT2D eigenvalue weighted by Gasteiger charge is 2.08. The maximum absolute atomic E-state index is 13.3. The van der Waals surface area contributed by atoms with Crippen LogP contribution in [-0.2, 0) is 6.42 Å². The molecule has 0 aliphatic heterocycles. The number of carbonyl (C=O) groups excluding carboxylic acids is 1. The fourth-order valence-corrected chi connectivity index (χ4v) is 1.75. The molecule has 0 heterocycles. The number of nitrogens with one attached hydrogen (secondary N) is 1. The molecule has 1 amide bonds. The van der Waals surface area contributed by atoms with Crippen LogP contribution in [0.5, 0.6) is 0 Å². The van der Waals surface area contributed by atoms with Crippen molar-refractivity contribution >= 4 is 12.1 Å². The first kappa shape index (κ1) is 13.9. The summed E-state index contributed by atoms with van der Waals surface area (Å²) in [7, 11) is 0. The van der Waals surface area contributed by atoms with E-state index in [1.165, 1.54) is 23.8 Å². The molecular weight excluding hydrogens is 255 g/mol. The molecule has 0 radical (unpaired) electrons. The predicted molar refractivity (Wildman–Crippen MR) is 77.1 cm³/mol. The second kappa shape index (κ2) is 7.19. The van der Waals surface area contributed by atoms with Gasteiger partial charge in [-0.3, -0.25) is 4.79 Å². The summed E-state index contributed by atoms with van der Waals surface area (Å²) >= 11 is 0. The third-order valence-corrected chi connectivity index (χ3v) is 2.78. The summed E-state index contributed by atoms with van der Waals surface area (Å²) in [6.07, 6.45) is 3.17. The van der Waals surface area contributed by atoms with Crippen LogP contribution in [0.3, 0.4) is 0 Å². The van der Waals surface area contributed by atoms with E-state index in [0.29, 0.717) is 6.42 Å². The average molecular weight is 270 g/mol. The minimum atomic E-state index is -0.551. The fourth-order valence-electron chi connectivity index (χ4n) is 1.75. The van der Waals surface area contributed by atoms with Gasteiger partial charge in [-0.1, -0.05) is 42.5 Å². The van der Waals surface area contributed by atoms with Gasteiger partial charge < -0.3 is 0 Å². The Kier molecular flexibility index (Phi) is 5.00. The smallest absolute Gasteiger partial charge is 0.267 e. The number of aryl methyl sites for hydroxylation is 1. The van der Waals surface area contributed by atoms with E-state index in [2.05, 4.69) is 10.5 Å². The molecule has 0 bridgehead atoms. The van der Waals surface area contributed by atoms with Crippen LogP contribution < -0.4 is 5.43 Å². The highest BCUT2D eigenvalue weighted by atomic mass is 19.1. The van der Waals surface area contributed by atoms with Crippen molar-refractivity contribution in [2.45, 2.75) is 12.8 Å². The topological polar surface area (TPSA) is 41.5 Å². The van der Waals surface area contributed by atoms with Gasteiger partial charge in [0.05, 0.1) is 5.56 Å². The van der Waals surface area contributed by atoms with E-state index in [1.807, 2.05) is 30.3 Å². The third-order valence-electron chi connectivity index (χ3n) is 2.78. The van der Waals surface area contributed by atoms with Crippen molar-refractivity contribution in [1.82, 2.24) is 5.43 Å². The Balaban J connectivity index is 1.79. The standard InChI is InChI=1S/C16H15FN2O/c17-15-11-5-4-10-14(15)16(20)19-18-12-6-9-13-7-2-1-3-8-13/h1-5,7-8,10-12H,6,9H2,(H,19,20)/b18-12-. The molecule has 0 atom stereocenters. The summed E-state index contributed by atoms with van der Waals surface area (Å²) in [6.45, 7) is 0. The van der Waals surface area contributed by atoms with Gasteiger partial charge in [0.1, 0.15) is 5.82 Å². The average Bonchev–Trinajstić information content (AvgIpc) is 2.48. The number of hydrazone groups is 1. The number of halogens is 1. The van der Waals surface area contributed by atoms with Gasteiger partial charge >= 0.3 is 0 Å². The highest BCUT2D eigenvalue weighted by Crippen LogP contribution is 2.05. The first-order chi connectivity index (χ1) is 9.77. The van der Waals surface area contributed by atoms with Crippen LogP contribution in [-0.4, -0.2) is 12.1 Å². The van der Waals surface area contributed by atoms with Crippen LogP contribution >= 0.6 is 0 Å². The van der Waals surface area contributed by atoms with Gasteiger partial charge in [0.2, 0.25) is 0 Å². The lowest BCUT2D eigenvalue weighted by atomic mass is 10.1. The zero-order valence-electron chi connectivity index (χ0n) is 10.9. The van der Waals surface area contributed by atoms with Gasteiger partial charge in [0.25, 0.3) is 5.91 Å². The molecule has 2 aromatic rings. The molecule has 102 valence electrons. The van der Waals surface area contributed by atoms with E-state index in [9.17, 15) is 9.18 Å². The van der Waals surface area contributed by atoms with Gasteiger partial charge in [0, 0.05) is 6.21 Å². The molecule has 0 aromatic heterocycles. The van der Waals surface area contributed by atoms with Crippen molar-refractivity contribution in [1.29, 1.82) is 0 Å². The number of rotatable bonds is 5. The van der Waals surface area contributed by atoms with Crippen LogP contribution in [0.2, 0.25) is 0 Å². The molecule has 0 saturated carbocycles. The molecule has 0 unspecified atom stereocenters. The van der Waals surface area contributed by atoms with E-state index in [0.717, 1.165) is 6.42 Å². The maximum atomic E-state index is 13.3. The Morgan fingerprint density at radius 3 is 2.55 bits per heavy atom. The largest absolute Gasteiger partial charge is 0.274 e. The molecular formula is C16H15FN2O. The molecule has 1 N–H and O–H groups in total. The summed E-state index contributed by atoms with van der Waals surface area (Å²) in [5, 5.41) is 3.81. The summed E-state index contributed by atoms with van der Waals surface area (Å²) in [4.78, 5) is 11.6. The van der Waals surface area contributed by atoms with Gasteiger partial charge in [0.15, 0.2) is 0 Å². The lowest BCUT2D eigenvalue weighted by Crippen LogP contribution is -2.18. The van der Waals surface area contributed by atoms with Crippen molar-refractivity contribution < 1.29 is 9.18 Å². The number of amides is 1. The summed E-state index contributed by atoms with van der Waals surface area (Å²) < 4.78 is 13.3. The number of nitrogens with zero attached hydrogens (tertiary/aromatic N) is 1. The van der Waals surface area contributed by atoms with E-state index in [-0.39, 0.29) is 5.56 Å². The van der Waals surface area contributed by atoms with Crippen LogP contribution in [0.25, 0.3) is 0 Å². The number of hydrogen-bond acceptors (Lipinski definition) is 2. The fraction of sp³-hybridized carbons (Fsp3) is 0.125. The first-order valence-corrected chi connectivity index (χ1v) is 6.37. The van der Waals surface area contributed by atoms with Crippen LogP contribution in [0.4, 0.5) is 4.39 Å². The summed E-state index contributed by atoms with van der Waals surface area (Å²) in [5.74, 6) is -1.09. The molecule has 0 aliphatic carbocycles. The number of hydrogen-bond donors (Lipinski definition) is 1. The normalized spacial score (nSPS) is 10.7. The Hall–Kier alpha value is -2.49. The Bertz CT molecular complexity index is 596. The molecule has 2 aromatic carbocycles. The number of carbonyl (C=O) groups is 1. The second-order valence-electron chi connectivity index (χ2n) is 4.26. The molecule has 3 nitrogen and oxygen atoms in total. The van der Waals surface area contributed by atoms with E-state index in [4.69, 9.17) is 0 Å². The SMILES string of the molecule is O=C(N/N=C\CCc1ccccc1)c1ccccc1F. The molecule has 2 rings (SSSR count). The Morgan fingerprint density at radius 2 is 1.80 bits per heavy atom. The second-order valence-corrected chi connectivity index (χ2v) is 4.26.